The molecule has 12 heteroatoms. The molecule has 0 saturated heterocycles. The predicted octanol–water partition coefficient (Wildman–Crippen LogP) is 2.02. The van der Waals surface area contributed by atoms with Gasteiger partial charge in [0, 0.05) is 23.5 Å². The monoisotopic (exact) mass is 491 g/mol. The zero-order valence-electron chi connectivity index (χ0n) is 19.2. The lowest BCUT2D eigenvalue weighted by molar-refractivity contribution is -0.0200. The van der Waals surface area contributed by atoms with Gasteiger partial charge in [0.05, 0.1) is 25.2 Å². The predicted molar refractivity (Wildman–Crippen MR) is 126 cm³/mol. The molecule has 1 aliphatic rings. The Morgan fingerprint density at radius 2 is 2.06 bits per heavy atom. The van der Waals surface area contributed by atoms with E-state index >= 15 is 4.39 Å². The lowest BCUT2D eigenvalue weighted by Gasteiger charge is -2.24. The molecule has 184 valence electrons. The average molecular weight is 491 g/mol. The van der Waals surface area contributed by atoms with E-state index in [1.54, 1.807) is 36.4 Å². The van der Waals surface area contributed by atoms with Gasteiger partial charge in [-0.3, -0.25) is 10.4 Å². The maximum absolute atomic E-state index is 15.9. The molecule has 0 spiro atoms. The molecule has 2 aromatic heterocycles. The number of nitrogens with one attached hydrogen (secondary N) is 2. The Morgan fingerprint density at radius 1 is 1.31 bits per heavy atom. The van der Waals surface area contributed by atoms with Crippen LogP contribution >= 0.6 is 0 Å². The summed E-state index contributed by atoms with van der Waals surface area (Å²) in [5.74, 6) is -0.411. The fourth-order valence-electron chi connectivity index (χ4n) is 4.07. The van der Waals surface area contributed by atoms with Crippen molar-refractivity contribution in [1.29, 1.82) is 5.41 Å². The molecule has 1 aliphatic heterocycles. The second-order valence-corrected chi connectivity index (χ2v) is 8.04. The highest BCUT2D eigenvalue weighted by Gasteiger charge is 2.30. The summed E-state index contributed by atoms with van der Waals surface area (Å²) < 4.78 is 33.2. The number of nitrogens with zero attached hydrogens (tertiary/aromatic N) is 4. The number of amidine groups is 1. The lowest BCUT2D eigenvalue weighted by Crippen LogP contribution is -2.18. The zero-order chi connectivity index (χ0) is 25.2. The van der Waals surface area contributed by atoms with E-state index in [0.717, 1.165) is 10.2 Å². The van der Waals surface area contributed by atoms with Crippen LogP contribution in [0.25, 0.3) is 5.95 Å². The normalized spacial score (nSPS) is 13.5. The van der Waals surface area contributed by atoms with Crippen molar-refractivity contribution in [1.82, 2.24) is 24.7 Å². The Labute approximate surface area is 204 Å². The number of rotatable bonds is 7. The second kappa shape index (κ2) is 9.58. The van der Waals surface area contributed by atoms with E-state index in [0.29, 0.717) is 11.3 Å². The Kier molecular flexibility index (Phi) is 6.17. The first-order valence-corrected chi connectivity index (χ1v) is 11.0. The molecule has 0 radical (unpaired) electrons. The molecule has 5 rings (SSSR count). The molecule has 0 fully saturated rings. The van der Waals surface area contributed by atoms with E-state index in [-0.39, 0.29) is 54.3 Å². The second-order valence-electron chi connectivity index (χ2n) is 8.04. The van der Waals surface area contributed by atoms with Crippen LogP contribution in [0.5, 0.6) is 11.5 Å². The van der Waals surface area contributed by atoms with Crippen LogP contribution < -0.4 is 20.9 Å². The number of ether oxygens (including phenoxy) is 3. The van der Waals surface area contributed by atoms with Crippen molar-refractivity contribution in [2.45, 2.75) is 18.9 Å². The van der Waals surface area contributed by atoms with Crippen molar-refractivity contribution < 1.29 is 18.6 Å². The maximum Gasteiger partial charge on any atom is 0.350 e. The number of hydrogen-bond donors (Lipinski definition) is 3. The van der Waals surface area contributed by atoms with Crippen LogP contribution in [0.4, 0.5) is 4.39 Å². The smallest absolute Gasteiger partial charge is 0.350 e. The highest BCUT2D eigenvalue weighted by Crippen LogP contribution is 2.41. The number of halogens is 1. The van der Waals surface area contributed by atoms with Crippen molar-refractivity contribution in [2.75, 3.05) is 13.9 Å². The standard InChI is InChI=1S/C24H22FN7O4/c1-34-18-10-15(19(25)17-11-35-12-36-20(17)18)16(9-13-3-5-14(6-4-13)21(26)27)22-30-24(33)32(31-22)23-28-7-2-8-29-23/h2-8,10,16H,9,11-12H2,1H3,(H3,26,27)(H,30,31,33). The third kappa shape index (κ3) is 4.29. The van der Waals surface area contributed by atoms with Crippen LogP contribution in [0.15, 0.2) is 53.6 Å². The molecule has 11 nitrogen and oxygen atoms in total. The number of H-pyrrole nitrogens is 1. The van der Waals surface area contributed by atoms with Gasteiger partial charge in [-0.05, 0) is 24.1 Å². The first-order valence-electron chi connectivity index (χ1n) is 11.0. The summed E-state index contributed by atoms with van der Waals surface area (Å²) in [7, 11) is 1.47. The van der Waals surface area contributed by atoms with Gasteiger partial charge in [-0.2, -0.15) is 0 Å². The van der Waals surface area contributed by atoms with E-state index in [9.17, 15) is 4.79 Å². The fraction of sp³-hybridized carbons (Fsp3) is 0.208. The van der Waals surface area contributed by atoms with Gasteiger partial charge in [-0.15, -0.1) is 9.78 Å². The Balaban J connectivity index is 1.64. The van der Waals surface area contributed by atoms with Crippen LogP contribution in [0.3, 0.4) is 0 Å². The number of aromatic nitrogens is 5. The van der Waals surface area contributed by atoms with Crippen molar-refractivity contribution in [3.05, 3.63) is 93.2 Å². The minimum absolute atomic E-state index is 0.00815. The summed E-state index contributed by atoms with van der Waals surface area (Å²) >= 11 is 0. The Bertz CT molecular complexity index is 1470. The summed E-state index contributed by atoms with van der Waals surface area (Å²) in [6.07, 6.45) is 3.25. The van der Waals surface area contributed by atoms with Crippen LogP contribution in [-0.4, -0.2) is 44.5 Å². The molecule has 2 aromatic carbocycles. The molecular weight excluding hydrogens is 469 g/mol. The third-order valence-electron chi connectivity index (χ3n) is 5.84. The SMILES string of the molecule is COc1cc(C(Cc2ccc(C(=N)N)cc2)c2nn(-c3ncccn3)c(=O)[nH]2)c(F)c2c1OCOC2. The highest BCUT2D eigenvalue weighted by atomic mass is 19.1. The van der Waals surface area contributed by atoms with Gasteiger partial charge < -0.3 is 19.9 Å². The van der Waals surface area contributed by atoms with Gasteiger partial charge in [0.25, 0.3) is 5.95 Å². The Morgan fingerprint density at radius 3 is 2.75 bits per heavy atom. The summed E-state index contributed by atoms with van der Waals surface area (Å²) in [5, 5.41) is 12.0. The average Bonchev–Trinajstić information content (AvgIpc) is 3.30. The highest BCUT2D eigenvalue weighted by molar-refractivity contribution is 5.94. The summed E-state index contributed by atoms with van der Waals surface area (Å²) in [6.45, 7) is -0.00289. The van der Waals surface area contributed by atoms with Crippen molar-refractivity contribution in [3.63, 3.8) is 0 Å². The number of aromatic amines is 1. The molecule has 36 heavy (non-hydrogen) atoms. The minimum atomic E-state index is -0.730. The summed E-state index contributed by atoms with van der Waals surface area (Å²) in [4.78, 5) is 23.6. The van der Waals surface area contributed by atoms with Gasteiger partial charge >= 0.3 is 5.69 Å². The topological polar surface area (TPSA) is 154 Å². The van der Waals surface area contributed by atoms with Crippen molar-refractivity contribution in [2.24, 2.45) is 5.73 Å². The van der Waals surface area contributed by atoms with Crippen molar-refractivity contribution in [3.8, 4) is 17.4 Å². The third-order valence-corrected chi connectivity index (χ3v) is 5.84. The first-order chi connectivity index (χ1) is 17.5. The van der Waals surface area contributed by atoms with Gasteiger partial charge in [0.2, 0.25) is 0 Å². The number of fused-ring (bicyclic) bond motifs is 1. The summed E-state index contributed by atoms with van der Waals surface area (Å²) in [5.41, 5.74) is 6.84. The van der Waals surface area contributed by atoms with Crippen LogP contribution in [0.1, 0.15) is 34.0 Å². The minimum Gasteiger partial charge on any atom is -0.493 e. The summed E-state index contributed by atoms with van der Waals surface area (Å²) in [6, 6.07) is 10.2. The van der Waals surface area contributed by atoms with Gasteiger partial charge in [0.1, 0.15) is 17.5 Å². The lowest BCUT2D eigenvalue weighted by atomic mass is 9.88. The van der Waals surface area contributed by atoms with Gasteiger partial charge in [0.15, 0.2) is 18.3 Å². The number of hydrogen-bond acceptors (Lipinski definition) is 8. The van der Waals surface area contributed by atoms with E-state index < -0.39 is 17.4 Å². The molecule has 0 amide bonds. The van der Waals surface area contributed by atoms with E-state index in [2.05, 4.69) is 20.1 Å². The number of methoxy groups -OCH3 is 1. The largest absolute Gasteiger partial charge is 0.493 e. The van der Waals surface area contributed by atoms with Crippen LogP contribution in [0.2, 0.25) is 0 Å². The quantitative estimate of drug-likeness (QED) is 0.262. The van der Waals surface area contributed by atoms with Gasteiger partial charge in [-0.25, -0.2) is 19.2 Å². The molecule has 1 atom stereocenters. The van der Waals surface area contributed by atoms with Gasteiger partial charge in [-0.1, -0.05) is 24.3 Å². The number of nitrogen functional groups attached to an aromatic ring is 1. The van der Waals surface area contributed by atoms with Crippen LogP contribution in [-0.2, 0) is 17.8 Å². The van der Waals surface area contributed by atoms with E-state index in [4.69, 9.17) is 25.4 Å². The first kappa shape index (κ1) is 23.2. The number of benzene rings is 2. The Hall–Kier alpha value is -4.58. The van der Waals surface area contributed by atoms with Crippen molar-refractivity contribution >= 4 is 5.84 Å². The fourth-order valence-corrected chi connectivity index (χ4v) is 4.07. The molecule has 4 aromatic rings. The number of nitrogens with two attached hydrogens (primary N) is 1. The molecule has 0 aliphatic carbocycles. The molecule has 3 heterocycles. The van der Waals surface area contributed by atoms with Crippen LogP contribution in [0, 0.1) is 11.2 Å². The molecule has 0 bridgehead atoms. The molecule has 4 N–H and O–H groups in total. The molecule has 1 unspecified atom stereocenters. The van der Waals surface area contributed by atoms with E-state index in [1.165, 1.54) is 19.5 Å². The zero-order valence-corrected chi connectivity index (χ0v) is 19.2. The molecule has 0 saturated carbocycles. The molecular formula is C24H22FN7O4. The van der Waals surface area contributed by atoms with E-state index in [1.807, 2.05) is 0 Å². The maximum atomic E-state index is 15.9.